The fourth-order valence-electron chi connectivity index (χ4n) is 2.42. The third-order valence-electron chi connectivity index (χ3n) is 3.51. The highest BCUT2D eigenvalue weighted by atomic mass is 16.5. The van der Waals surface area contributed by atoms with Crippen LogP contribution in [0.2, 0.25) is 0 Å². The number of likely N-dealkylation sites (tertiary alicyclic amines) is 1. The van der Waals surface area contributed by atoms with Gasteiger partial charge in [0.25, 0.3) is 0 Å². The van der Waals surface area contributed by atoms with E-state index in [0.29, 0.717) is 0 Å². The molecule has 1 heterocycles. The second kappa shape index (κ2) is 11.0. The SMILES string of the molecule is COCCNCCCCN1CCCCCCC1. The zero-order chi connectivity index (χ0) is 12.2. The summed E-state index contributed by atoms with van der Waals surface area (Å²) in [5.74, 6) is 0. The first-order chi connectivity index (χ1) is 8.43. The smallest absolute Gasteiger partial charge is 0.0587 e. The Morgan fingerprint density at radius 3 is 2.35 bits per heavy atom. The Kier molecular flexibility index (Phi) is 9.66. The van der Waals surface area contributed by atoms with Crippen LogP contribution in [-0.4, -0.2) is 51.3 Å². The molecule has 1 fully saturated rings. The molecule has 0 bridgehead atoms. The molecule has 0 atom stereocenters. The monoisotopic (exact) mass is 242 g/mol. The Morgan fingerprint density at radius 1 is 0.941 bits per heavy atom. The highest BCUT2D eigenvalue weighted by Gasteiger charge is 2.06. The number of unbranched alkanes of at least 4 members (excludes halogenated alkanes) is 1. The van der Waals surface area contributed by atoms with Crippen LogP contribution < -0.4 is 5.32 Å². The topological polar surface area (TPSA) is 24.5 Å². The van der Waals surface area contributed by atoms with Gasteiger partial charge >= 0.3 is 0 Å². The quantitative estimate of drug-likeness (QED) is 0.661. The van der Waals surface area contributed by atoms with Gasteiger partial charge in [-0.1, -0.05) is 19.3 Å². The van der Waals surface area contributed by atoms with Crippen LogP contribution in [0, 0.1) is 0 Å². The van der Waals surface area contributed by atoms with E-state index in [4.69, 9.17) is 4.74 Å². The third kappa shape index (κ3) is 8.58. The highest BCUT2D eigenvalue weighted by Crippen LogP contribution is 2.10. The van der Waals surface area contributed by atoms with Crippen LogP contribution >= 0.6 is 0 Å². The number of rotatable bonds is 8. The molecule has 0 radical (unpaired) electrons. The van der Waals surface area contributed by atoms with Crippen LogP contribution in [0.5, 0.6) is 0 Å². The number of nitrogens with one attached hydrogen (secondary N) is 1. The van der Waals surface area contributed by atoms with Crippen molar-refractivity contribution in [2.75, 3.05) is 46.4 Å². The number of methoxy groups -OCH3 is 1. The van der Waals surface area contributed by atoms with E-state index in [2.05, 4.69) is 10.2 Å². The van der Waals surface area contributed by atoms with Gasteiger partial charge in [0.15, 0.2) is 0 Å². The lowest BCUT2D eigenvalue weighted by Crippen LogP contribution is -2.29. The Labute approximate surface area is 107 Å². The molecule has 17 heavy (non-hydrogen) atoms. The second-order valence-corrected chi connectivity index (χ2v) is 5.06. The van der Waals surface area contributed by atoms with E-state index in [1.54, 1.807) is 7.11 Å². The van der Waals surface area contributed by atoms with Crippen LogP contribution in [0.1, 0.15) is 44.9 Å². The molecule has 0 saturated carbocycles. The molecule has 1 aliphatic heterocycles. The van der Waals surface area contributed by atoms with Gasteiger partial charge in [-0.2, -0.15) is 0 Å². The first-order valence-corrected chi connectivity index (χ1v) is 7.35. The van der Waals surface area contributed by atoms with E-state index in [9.17, 15) is 0 Å². The van der Waals surface area contributed by atoms with E-state index in [1.165, 1.54) is 64.6 Å². The summed E-state index contributed by atoms with van der Waals surface area (Å²) in [5, 5.41) is 3.40. The number of hydrogen-bond donors (Lipinski definition) is 1. The lowest BCUT2D eigenvalue weighted by atomic mass is 10.1. The lowest BCUT2D eigenvalue weighted by Gasteiger charge is -2.24. The van der Waals surface area contributed by atoms with E-state index < -0.39 is 0 Å². The average Bonchev–Trinajstić information content (AvgIpc) is 2.30. The van der Waals surface area contributed by atoms with Gasteiger partial charge in [-0.05, 0) is 51.9 Å². The van der Waals surface area contributed by atoms with Gasteiger partial charge in [-0.3, -0.25) is 0 Å². The van der Waals surface area contributed by atoms with Crippen molar-refractivity contribution in [1.82, 2.24) is 10.2 Å². The largest absolute Gasteiger partial charge is 0.383 e. The maximum absolute atomic E-state index is 5.00. The molecule has 1 N–H and O–H groups in total. The molecule has 1 aliphatic rings. The first-order valence-electron chi connectivity index (χ1n) is 7.35. The summed E-state index contributed by atoms with van der Waals surface area (Å²) < 4.78 is 5.00. The minimum atomic E-state index is 0.826. The van der Waals surface area contributed by atoms with Crippen molar-refractivity contribution in [2.45, 2.75) is 44.9 Å². The molecule has 3 nitrogen and oxygen atoms in total. The summed E-state index contributed by atoms with van der Waals surface area (Å²) in [7, 11) is 1.75. The van der Waals surface area contributed by atoms with Crippen molar-refractivity contribution in [3.8, 4) is 0 Å². The molecular weight excluding hydrogens is 212 g/mol. The van der Waals surface area contributed by atoms with Crippen LogP contribution in [0.15, 0.2) is 0 Å². The lowest BCUT2D eigenvalue weighted by molar-refractivity contribution is 0.199. The van der Waals surface area contributed by atoms with Gasteiger partial charge < -0.3 is 15.0 Å². The minimum absolute atomic E-state index is 0.826. The van der Waals surface area contributed by atoms with Gasteiger partial charge in [0.2, 0.25) is 0 Å². The van der Waals surface area contributed by atoms with Crippen molar-refractivity contribution in [3.05, 3.63) is 0 Å². The zero-order valence-electron chi connectivity index (χ0n) is 11.5. The van der Waals surface area contributed by atoms with Crippen LogP contribution in [0.3, 0.4) is 0 Å². The molecule has 3 heteroatoms. The van der Waals surface area contributed by atoms with Gasteiger partial charge in [-0.15, -0.1) is 0 Å². The van der Waals surface area contributed by atoms with E-state index >= 15 is 0 Å². The molecule has 1 rings (SSSR count). The molecule has 0 aromatic carbocycles. The van der Waals surface area contributed by atoms with E-state index in [-0.39, 0.29) is 0 Å². The summed E-state index contributed by atoms with van der Waals surface area (Å²) in [5.41, 5.74) is 0. The predicted molar refractivity (Wildman–Crippen MR) is 73.5 cm³/mol. The van der Waals surface area contributed by atoms with Gasteiger partial charge in [0.1, 0.15) is 0 Å². The predicted octanol–water partition coefficient (Wildman–Crippen LogP) is 2.27. The molecule has 0 unspecified atom stereocenters. The molecule has 102 valence electrons. The number of nitrogens with zero attached hydrogens (tertiary/aromatic N) is 1. The van der Waals surface area contributed by atoms with Crippen molar-refractivity contribution >= 4 is 0 Å². The van der Waals surface area contributed by atoms with Crippen LogP contribution in [0.4, 0.5) is 0 Å². The molecule has 0 aromatic heterocycles. The molecule has 1 saturated heterocycles. The molecule has 0 aliphatic carbocycles. The second-order valence-electron chi connectivity index (χ2n) is 5.06. The summed E-state index contributed by atoms with van der Waals surface area (Å²) >= 11 is 0. The van der Waals surface area contributed by atoms with Gasteiger partial charge in [-0.25, -0.2) is 0 Å². The molecule has 0 amide bonds. The summed E-state index contributed by atoms with van der Waals surface area (Å²) in [6.07, 6.45) is 9.78. The molecule has 0 aromatic rings. The van der Waals surface area contributed by atoms with Crippen molar-refractivity contribution in [1.29, 1.82) is 0 Å². The summed E-state index contributed by atoms with van der Waals surface area (Å²) in [6.45, 7) is 6.91. The zero-order valence-corrected chi connectivity index (χ0v) is 11.5. The average molecular weight is 242 g/mol. The Hall–Kier alpha value is -0.120. The van der Waals surface area contributed by atoms with E-state index in [1.807, 2.05) is 0 Å². The van der Waals surface area contributed by atoms with Crippen LogP contribution in [-0.2, 0) is 4.74 Å². The fraction of sp³-hybridized carbons (Fsp3) is 1.00. The van der Waals surface area contributed by atoms with E-state index in [0.717, 1.165) is 19.7 Å². The van der Waals surface area contributed by atoms with Crippen molar-refractivity contribution < 1.29 is 4.74 Å². The van der Waals surface area contributed by atoms with Gasteiger partial charge in [0, 0.05) is 13.7 Å². The van der Waals surface area contributed by atoms with Crippen molar-refractivity contribution in [3.63, 3.8) is 0 Å². The normalized spacial score (nSPS) is 18.9. The summed E-state index contributed by atoms with van der Waals surface area (Å²) in [4.78, 5) is 2.66. The standard InChI is InChI=1S/C14H30N2O/c1-17-14-10-15-9-5-8-13-16-11-6-3-2-4-7-12-16/h15H,2-14H2,1H3. The first kappa shape index (κ1) is 14.9. The Morgan fingerprint density at radius 2 is 1.65 bits per heavy atom. The fourth-order valence-corrected chi connectivity index (χ4v) is 2.42. The maximum Gasteiger partial charge on any atom is 0.0587 e. The molecule has 0 spiro atoms. The van der Waals surface area contributed by atoms with Crippen molar-refractivity contribution in [2.24, 2.45) is 0 Å². The Bertz CT molecular complexity index is 156. The minimum Gasteiger partial charge on any atom is -0.383 e. The maximum atomic E-state index is 5.00. The molecular formula is C14H30N2O. The van der Waals surface area contributed by atoms with Crippen LogP contribution in [0.25, 0.3) is 0 Å². The van der Waals surface area contributed by atoms with Gasteiger partial charge in [0.05, 0.1) is 6.61 Å². The number of ether oxygens (including phenoxy) is 1. The Balaban J connectivity index is 1.90. The number of hydrogen-bond acceptors (Lipinski definition) is 3. The third-order valence-corrected chi connectivity index (χ3v) is 3.51. The highest BCUT2D eigenvalue weighted by molar-refractivity contribution is 4.62. The summed E-state index contributed by atoms with van der Waals surface area (Å²) in [6, 6.07) is 0.